The van der Waals surface area contributed by atoms with Crippen LogP contribution in [0, 0.1) is 0 Å². The smallest absolute Gasteiger partial charge is 0.0294 e. The van der Waals surface area contributed by atoms with Crippen LogP contribution in [-0.4, -0.2) is 6.04 Å². The van der Waals surface area contributed by atoms with E-state index >= 15 is 0 Å². The molecular weight excluding hydrogens is 274 g/mol. The molecule has 0 saturated heterocycles. The lowest BCUT2D eigenvalue weighted by Crippen LogP contribution is -2.30. The molecule has 0 heterocycles. The maximum absolute atomic E-state index is 3.72. The Hall–Kier alpha value is -0.340. The Labute approximate surface area is 114 Å². The summed E-state index contributed by atoms with van der Waals surface area (Å²) in [7, 11) is 0. The normalized spacial score (nSPS) is 14.6. The number of halogens is 1. The Morgan fingerprint density at radius 3 is 2.35 bits per heavy atom. The Bertz CT molecular complexity index is 307. The molecule has 0 aliphatic rings. The second-order valence-corrected chi connectivity index (χ2v) is 5.60. The summed E-state index contributed by atoms with van der Waals surface area (Å²) in [5.74, 6) is 0. The highest BCUT2D eigenvalue weighted by atomic mass is 79.9. The van der Waals surface area contributed by atoms with E-state index in [0.717, 1.165) is 4.47 Å². The maximum Gasteiger partial charge on any atom is 0.0294 e. The topological polar surface area (TPSA) is 12.0 Å². The number of rotatable bonds is 7. The van der Waals surface area contributed by atoms with Crippen molar-refractivity contribution in [1.29, 1.82) is 0 Å². The number of hydrogen-bond acceptors (Lipinski definition) is 1. The first-order valence-electron chi connectivity index (χ1n) is 6.68. The summed E-state index contributed by atoms with van der Waals surface area (Å²) >= 11 is 3.47. The van der Waals surface area contributed by atoms with Crippen molar-refractivity contribution in [3.8, 4) is 0 Å². The molecule has 0 spiro atoms. The molecule has 0 aliphatic heterocycles. The van der Waals surface area contributed by atoms with Gasteiger partial charge < -0.3 is 5.32 Å². The van der Waals surface area contributed by atoms with E-state index in [-0.39, 0.29) is 0 Å². The molecular formula is C15H24BrN. The monoisotopic (exact) mass is 297 g/mol. The molecule has 1 aromatic rings. The third-order valence-electron chi connectivity index (χ3n) is 3.25. The quantitative estimate of drug-likeness (QED) is 0.741. The van der Waals surface area contributed by atoms with E-state index in [1.54, 1.807) is 0 Å². The fraction of sp³-hybridized carbons (Fsp3) is 0.600. The van der Waals surface area contributed by atoms with Gasteiger partial charge in [-0.15, -0.1) is 0 Å². The predicted octanol–water partition coefficient (Wildman–Crippen LogP) is 5.07. The zero-order valence-electron chi connectivity index (χ0n) is 11.2. The minimum atomic E-state index is 0.435. The highest BCUT2D eigenvalue weighted by Gasteiger charge is 2.11. The predicted molar refractivity (Wildman–Crippen MR) is 79.3 cm³/mol. The van der Waals surface area contributed by atoms with Crippen LogP contribution in [0.2, 0.25) is 0 Å². The second kappa shape index (κ2) is 7.88. The third kappa shape index (κ3) is 5.22. The van der Waals surface area contributed by atoms with Crippen molar-refractivity contribution in [3.05, 3.63) is 34.3 Å². The SMILES string of the molecule is CCCCC(CC)N[C@@H](C)c1ccc(Br)cc1. The van der Waals surface area contributed by atoms with Gasteiger partial charge in [-0.05, 0) is 37.5 Å². The molecule has 0 radical (unpaired) electrons. The van der Waals surface area contributed by atoms with Crippen LogP contribution in [0.1, 0.15) is 58.1 Å². The molecule has 0 amide bonds. The van der Waals surface area contributed by atoms with Crippen LogP contribution in [0.25, 0.3) is 0 Å². The van der Waals surface area contributed by atoms with Gasteiger partial charge >= 0.3 is 0 Å². The van der Waals surface area contributed by atoms with E-state index in [9.17, 15) is 0 Å². The van der Waals surface area contributed by atoms with Crippen molar-refractivity contribution in [2.45, 2.75) is 58.5 Å². The molecule has 0 aromatic heterocycles. The van der Waals surface area contributed by atoms with Crippen molar-refractivity contribution >= 4 is 15.9 Å². The van der Waals surface area contributed by atoms with Gasteiger partial charge in [0.15, 0.2) is 0 Å². The first kappa shape index (κ1) is 14.7. The average molecular weight is 298 g/mol. The van der Waals surface area contributed by atoms with E-state index in [4.69, 9.17) is 0 Å². The molecule has 2 atom stereocenters. The van der Waals surface area contributed by atoms with Crippen molar-refractivity contribution in [2.75, 3.05) is 0 Å². The summed E-state index contributed by atoms with van der Waals surface area (Å²) in [5.41, 5.74) is 1.36. The zero-order valence-corrected chi connectivity index (χ0v) is 12.8. The summed E-state index contributed by atoms with van der Waals surface area (Å²) in [5, 5.41) is 3.72. The first-order chi connectivity index (χ1) is 8.17. The number of hydrogen-bond donors (Lipinski definition) is 1. The highest BCUT2D eigenvalue weighted by molar-refractivity contribution is 9.10. The summed E-state index contributed by atoms with van der Waals surface area (Å²) in [6.07, 6.45) is 5.10. The summed E-state index contributed by atoms with van der Waals surface area (Å²) < 4.78 is 1.14. The molecule has 0 bridgehead atoms. The molecule has 96 valence electrons. The Kier molecular flexibility index (Phi) is 6.83. The van der Waals surface area contributed by atoms with Crippen LogP contribution in [0.5, 0.6) is 0 Å². The number of unbranched alkanes of at least 4 members (excludes halogenated alkanes) is 1. The summed E-state index contributed by atoms with van der Waals surface area (Å²) in [6.45, 7) is 6.77. The van der Waals surface area contributed by atoms with Gasteiger partial charge in [-0.1, -0.05) is 54.8 Å². The van der Waals surface area contributed by atoms with Crippen molar-refractivity contribution in [3.63, 3.8) is 0 Å². The van der Waals surface area contributed by atoms with Gasteiger partial charge in [0, 0.05) is 16.6 Å². The molecule has 17 heavy (non-hydrogen) atoms. The van der Waals surface area contributed by atoms with E-state index in [2.05, 4.69) is 66.3 Å². The van der Waals surface area contributed by atoms with Crippen molar-refractivity contribution in [2.24, 2.45) is 0 Å². The van der Waals surface area contributed by atoms with Gasteiger partial charge in [-0.2, -0.15) is 0 Å². The lowest BCUT2D eigenvalue weighted by molar-refractivity contribution is 0.410. The lowest BCUT2D eigenvalue weighted by Gasteiger charge is -2.22. The number of nitrogens with one attached hydrogen (secondary N) is 1. The average Bonchev–Trinajstić information content (AvgIpc) is 2.35. The van der Waals surface area contributed by atoms with Crippen LogP contribution >= 0.6 is 15.9 Å². The molecule has 1 nitrogen and oxygen atoms in total. The van der Waals surface area contributed by atoms with Crippen LogP contribution in [0.15, 0.2) is 28.7 Å². The minimum Gasteiger partial charge on any atom is -0.307 e. The van der Waals surface area contributed by atoms with Gasteiger partial charge in [0.25, 0.3) is 0 Å². The molecule has 0 fully saturated rings. The van der Waals surface area contributed by atoms with E-state index in [0.29, 0.717) is 12.1 Å². The van der Waals surface area contributed by atoms with Crippen LogP contribution in [-0.2, 0) is 0 Å². The molecule has 1 unspecified atom stereocenters. The minimum absolute atomic E-state index is 0.435. The molecule has 2 heteroatoms. The van der Waals surface area contributed by atoms with Crippen LogP contribution in [0.3, 0.4) is 0 Å². The Morgan fingerprint density at radius 1 is 1.18 bits per heavy atom. The summed E-state index contributed by atoms with van der Waals surface area (Å²) in [4.78, 5) is 0. The van der Waals surface area contributed by atoms with Gasteiger partial charge in [0.05, 0.1) is 0 Å². The molecule has 1 N–H and O–H groups in total. The third-order valence-corrected chi connectivity index (χ3v) is 3.78. The van der Waals surface area contributed by atoms with E-state index in [1.165, 1.54) is 31.2 Å². The second-order valence-electron chi connectivity index (χ2n) is 4.69. The van der Waals surface area contributed by atoms with Gasteiger partial charge in [-0.3, -0.25) is 0 Å². The fourth-order valence-corrected chi connectivity index (χ4v) is 2.32. The van der Waals surface area contributed by atoms with E-state index < -0.39 is 0 Å². The summed E-state index contributed by atoms with van der Waals surface area (Å²) in [6, 6.07) is 9.68. The fourth-order valence-electron chi connectivity index (χ4n) is 2.06. The molecule has 0 saturated carbocycles. The van der Waals surface area contributed by atoms with Crippen molar-refractivity contribution in [1.82, 2.24) is 5.32 Å². The standard InChI is InChI=1S/C15H24BrN/c1-4-6-7-15(5-2)17-12(3)13-8-10-14(16)11-9-13/h8-12,15,17H,4-7H2,1-3H3/t12-,15?/m0/s1. The first-order valence-corrected chi connectivity index (χ1v) is 7.48. The number of benzene rings is 1. The molecule has 0 aliphatic carbocycles. The molecule has 1 rings (SSSR count). The molecule has 1 aromatic carbocycles. The van der Waals surface area contributed by atoms with Crippen LogP contribution in [0.4, 0.5) is 0 Å². The largest absolute Gasteiger partial charge is 0.307 e. The van der Waals surface area contributed by atoms with E-state index in [1.807, 2.05) is 0 Å². The van der Waals surface area contributed by atoms with Gasteiger partial charge in [-0.25, -0.2) is 0 Å². The Balaban J connectivity index is 2.51. The van der Waals surface area contributed by atoms with Crippen LogP contribution < -0.4 is 5.32 Å². The lowest BCUT2D eigenvalue weighted by atomic mass is 10.0. The highest BCUT2D eigenvalue weighted by Crippen LogP contribution is 2.18. The zero-order chi connectivity index (χ0) is 12.7. The van der Waals surface area contributed by atoms with Gasteiger partial charge in [0.2, 0.25) is 0 Å². The maximum atomic E-state index is 3.72. The van der Waals surface area contributed by atoms with Crippen molar-refractivity contribution < 1.29 is 0 Å². The Morgan fingerprint density at radius 2 is 1.82 bits per heavy atom. The van der Waals surface area contributed by atoms with Gasteiger partial charge in [0.1, 0.15) is 0 Å².